The zero-order chi connectivity index (χ0) is 25.0. The fraction of sp³-hybridized carbons (Fsp3) is 0.130. The lowest BCUT2D eigenvalue weighted by atomic mass is 10.1. The van der Waals surface area contributed by atoms with E-state index in [4.69, 9.17) is 4.74 Å². The number of non-ortho nitro benzene ring substituents is 1. The molecule has 8 nitrogen and oxygen atoms in total. The zero-order valence-electron chi connectivity index (χ0n) is 17.6. The van der Waals surface area contributed by atoms with E-state index in [9.17, 15) is 38.0 Å². The molecule has 11 heteroatoms. The summed E-state index contributed by atoms with van der Waals surface area (Å²) in [6.07, 6.45) is -4.20. The number of nitrogens with one attached hydrogen (secondary N) is 1. The van der Waals surface area contributed by atoms with Crippen LogP contribution in [0.25, 0.3) is 0 Å². The van der Waals surface area contributed by atoms with Gasteiger partial charge < -0.3 is 15.2 Å². The predicted molar refractivity (Wildman–Crippen MR) is 115 cm³/mol. The second kappa shape index (κ2) is 9.61. The number of nitrogens with zero attached hydrogens (tertiary/aromatic N) is 1. The SMILES string of the molecule is CCc1cc([N+](=O)[O-])ccc1NC(=O)c1cc(O)ccc1OC(=O)c1ccc(C(F)(F)F)cc1. The van der Waals surface area contributed by atoms with Crippen molar-refractivity contribution in [3.8, 4) is 11.5 Å². The first-order valence-electron chi connectivity index (χ1n) is 9.80. The van der Waals surface area contributed by atoms with Crippen LogP contribution in [-0.4, -0.2) is 21.9 Å². The average Bonchev–Trinajstić information content (AvgIpc) is 2.79. The highest BCUT2D eigenvalue weighted by Crippen LogP contribution is 2.30. The van der Waals surface area contributed by atoms with Crippen molar-refractivity contribution in [3.63, 3.8) is 0 Å². The number of carbonyl (C=O) groups excluding carboxylic acids is 2. The lowest BCUT2D eigenvalue weighted by molar-refractivity contribution is -0.384. The van der Waals surface area contributed by atoms with Crippen LogP contribution in [0.2, 0.25) is 0 Å². The van der Waals surface area contributed by atoms with Gasteiger partial charge in [0.25, 0.3) is 11.6 Å². The molecule has 0 bridgehead atoms. The van der Waals surface area contributed by atoms with Crippen molar-refractivity contribution in [2.24, 2.45) is 0 Å². The molecule has 0 aliphatic heterocycles. The molecule has 0 aromatic heterocycles. The fourth-order valence-electron chi connectivity index (χ4n) is 3.04. The van der Waals surface area contributed by atoms with Gasteiger partial charge in [0.2, 0.25) is 0 Å². The van der Waals surface area contributed by atoms with Crippen LogP contribution in [-0.2, 0) is 12.6 Å². The van der Waals surface area contributed by atoms with Crippen LogP contribution >= 0.6 is 0 Å². The molecular formula is C23H17F3N2O6. The fourth-order valence-corrected chi connectivity index (χ4v) is 3.04. The molecule has 3 aromatic rings. The van der Waals surface area contributed by atoms with Crippen LogP contribution in [0.3, 0.4) is 0 Å². The van der Waals surface area contributed by atoms with Crippen molar-refractivity contribution in [1.29, 1.82) is 0 Å². The quantitative estimate of drug-likeness (QED) is 0.215. The summed E-state index contributed by atoms with van der Waals surface area (Å²) in [5.74, 6) is -2.35. The Morgan fingerprint density at radius 2 is 1.74 bits per heavy atom. The first kappa shape index (κ1) is 24.2. The Labute approximate surface area is 190 Å². The second-order valence-corrected chi connectivity index (χ2v) is 7.05. The van der Waals surface area contributed by atoms with Crippen molar-refractivity contribution >= 4 is 23.3 Å². The minimum Gasteiger partial charge on any atom is -0.508 e. The van der Waals surface area contributed by atoms with E-state index in [0.717, 1.165) is 42.5 Å². The molecule has 3 rings (SSSR count). The summed E-state index contributed by atoms with van der Waals surface area (Å²) in [5.41, 5.74) is -0.758. The molecule has 0 radical (unpaired) electrons. The van der Waals surface area contributed by atoms with Crippen LogP contribution in [0.1, 0.15) is 38.8 Å². The summed E-state index contributed by atoms with van der Waals surface area (Å²) in [4.78, 5) is 35.7. The normalized spacial score (nSPS) is 11.1. The number of nitro benzene ring substituents is 1. The highest BCUT2D eigenvalue weighted by Gasteiger charge is 2.30. The highest BCUT2D eigenvalue weighted by molar-refractivity contribution is 6.07. The molecule has 0 heterocycles. The number of carbonyl (C=O) groups is 2. The van der Waals surface area contributed by atoms with Crippen LogP contribution < -0.4 is 10.1 Å². The number of aryl methyl sites for hydroxylation is 1. The van der Waals surface area contributed by atoms with Gasteiger partial charge in [0.1, 0.15) is 11.5 Å². The third kappa shape index (κ3) is 5.49. The number of benzene rings is 3. The molecule has 0 unspecified atom stereocenters. The molecule has 0 spiro atoms. The van der Waals surface area contributed by atoms with Crippen molar-refractivity contribution in [2.75, 3.05) is 5.32 Å². The molecule has 0 saturated carbocycles. The first-order chi connectivity index (χ1) is 16.0. The van der Waals surface area contributed by atoms with Crippen molar-refractivity contribution in [1.82, 2.24) is 0 Å². The first-order valence-corrected chi connectivity index (χ1v) is 9.80. The lowest BCUT2D eigenvalue weighted by Crippen LogP contribution is -2.17. The van der Waals surface area contributed by atoms with Crippen LogP contribution in [0, 0.1) is 10.1 Å². The molecule has 0 saturated heterocycles. The average molecular weight is 474 g/mol. The van der Waals surface area contributed by atoms with Crippen molar-refractivity contribution < 1.29 is 37.5 Å². The minimum atomic E-state index is -4.57. The minimum absolute atomic E-state index is 0.154. The number of nitro groups is 1. The number of rotatable bonds is 6. The summed E-state index contributed by atoms with van der Waals surface area (Å²) in [5, 5.41) is 23.3. The Kier molecular flexibility index (Phi) is 6.85. The van der Waals surface area contributed by atoms with E-state index < -0.39 is 28.5 Å². The number of hydrogen-bond acceptors (Lipinski definition) is 6. The van der Waals surface area contributed by atoms with E-state index >= 15 is 0 Å². The molecule has 2 N–H and O–H groups in total. The third-order valence-corrected chi connectivity index (χ3v) is 4.79. The van der Waals surface area contributed by atoms with Gasteiger partial charge in [0.05, 0.1) is 21.6 Å². The topological polar surface area (TPSA) is 119 Å². The number of phenolic OH excluding ortho intramolecular Hbond substituents is 1. The van der Waals surface area contributed by atoms with Gasteiger partial charge in [-0.05, 0) is 60.5 Å². The summed E-state index contributed by atoms with van der Waals surface area (Å²) in [6, 6.07) is 10.6. The van der Waals surface area contributed by atoms with Gasteiger partial charge in [-0.1, -0.05) is 6.92 Å². The second-order valence-electron chi connectivity index (χ2n) is 7.05. The lowest BCUT2D eigenvalue weighted by Gasteiger charge is -2.13. The maximum absolute atomic E-state index is 12.9. The number of aromatic hydroxyl groups is 1. The Hall–Kier alpha value is -4.41. The number of amides is 1. The maximum atomic E-state index is 12.9. The van der Waals surface area contributed by atoms with Crippen molar-refractivity contribution in [3.05, 3.63) is 93.0 Å². The van der Waals surface area contributed by atoms with Crippen LogP contribution in [0.5, 0.6) is 11.5 Å². The Balaban J connectivity index is 1.85. The monoisotopic (exact) mass is 474 g/mol. The Morgan fingerprint density at radius 1 is 1.06 bits per heavy atom. The van der Waals surface area contributed by atoms with Crippen LogP contribution in [0.4, 0.5) is 24.5 Å². The molecule has 34 heavy (non-hydrogen) atoms. The van der Waals surface area contributed by atoms with Gasteiger partial charge in [0.15, 0.2) is 0 Å². The molecule has 0 atom stereocenters. The molecule has 1 amide bonds. The Bertz CT molecular complexity index is 1260. The maximum Gasteiger partial charge on any atom is 0.416 e. The van der Waals surface area contributed by atoms with E-state index in [1.807, 2.05) is 0 Å². The van der Waals surface area contributed by atoms with Gasteiger partial charge in [-0.15, -0.1) is 0 Å². The van der Waals surface area contributed by atoms with Crippen LogP contribution in [0.15, 0.2) is 60.7 Å². The molecule has 176 valence electrons. The van der Waals surface area contributed by atoms with Gasteiger partial charge in [-0.3, -0.25) is 14.9 Å². The summed E-state index contributed by atoms with van der Waals surface area (Å²) >= 11 is 0. The van der Waals surface area contributed by atoms with Gasteiger partial charge in [-0.2, -0.15) is 13.2 Å². The van der Waals surface area contributed by atoms with E-state index in [1.165, 1.54) is 18.2 Å². The number of halogens is 3. The number of hydrogen-bond donors (Lipinski definition) is 2. The van der Waals surface area contributed by atoms with E-state index in [2.05, 4.69) is 5.32 Å². The van der Waals surface area contributed by atoms with Gasteiger partial charge in [0, 0.05) is 17.8 Å². The summed E-state index contributed by atoms with van der Waals surface area (Å²) < 4.78 is 43.4. The standard InChI is InChI=1S/C23H17F3N2O6/c1-2-13-11-16(28(32)33)7-9-19(13)27-21(30)18-12-17(29)8-10-20(18)34-22(31)14-3-5-15(6-4-14)23(24,25)26/h3-12,29H,2H2,1H3,(H,27,30). The smallest absolute Gasteiger partial charge is 0.416 e. The number of alkyl halides is 3. The zero-order valence-corrected chi connectivity index (χ0v) is 17.6. The van der Waals surface area contributed by atoms with E-state index in [0.29, 0.717) is 12.0 Å². The summed E-state index contributed by atoms with van der Waals surface area (Å²) in [7, 11) is 0. The number of anilines is 1. The summed E-state index contributed by atoms with van der Waals surface area (Å²) in [6.45, 7) is 1.74. The van der Waals surface area contributed by atoms with Gasteiger partial charge in [-0.25, -0.2) is 4.79 Å². The molecule has 0 aliphatic carbocycles. The highest BCUT2D eigenvalue weighted by atomic mass is 19.4. The molecule has 0 aliphatic rings. The number of esters is 1. The molecular weight excluding hydrogens is 457 g/mol. The van der Waals surface area contributed by atoms with E-state index in [-0.39, 0.29) is 34.0 Å². The largest absolute Gasteiger partial charge is 0.508 e. The predicted octanol–water partition coefficient (Wildman–Crippen LogP) is 5.35. The van der Waals surface area contributed by atoms with Gasteiger partial charge >= 0.3 is 12.1 Å². The van der Waals surface area contributed by atoms with Crippen molar-refractivity contribution in [2.45, 2.75) is 19.5 Å². The molecule has 0 fully saturated rings. The molecule has 3 aromatic carbocycles. The number of ether oxygens (including phenoxy) is 1. The number of phenols is 1. The van der Waals surface area contributed by atoms with E-state index in [1.54, 1.807) is 6.92 Å². The third-order valence-electron chi connectivity index (χ3n) is 4.79. The Morgan fingerprint density at radius 3 is 2.32 bits per heavy atom.